The average molecular weight is 340 g/mol. The van der Waals surface area contributed by atoms with E-state index in [0.717, 1.165) is 18.5 Å². The standard InChI is InChI=1S/C17H33N5S/c1-13-9-22(14-5-6-14)10-15(13)20-16(18-2)19-11-17(21(3)4)7-8-23-12-17/h13-15H,5-12H2,1-4H3,(H2,18,19,20). The molecule has 3 atom stereocenters. The number of nitrogens with one attached hydrogen (secondary N) is 2. The van der Waals surface area contributed by atoms with Gasteiger partial charge in [-0.15, -0.1) is 0 Å². The Balaban J connectivity index is 1.52. The molecular weight excluding hydrogens is 306 g/mol. The van der Waals surface area contributed by atoms with Gasteiger partial charge in [-0.2, -0.15) is 11.8 Å². The van der Waals surface area contributed by atoms with Gasteiger partial charge < -0.3 is 15.5 Å². The molecule has 2 heterocycles. The highest BCUT2D eigenvalue weighted by Crippen LogP contribution is 2.32. The summed E-state index contributed by atoms with van der Waals surface area (Å²) in [5.74, 6) is 4.14. The van der Waals surface area contributed by atoms with Gasteiger partial charge in [-0.25, -0.2) is 0 Å². The molecule has 5 nitrogen and oxygen atoms in total. The number of thioether (sulfide) groups is 1. The first-order valence-electron chi connectivity index (χ1n) is 9.00. The lowest BCUT2D eigenvalue weighted by Crippen LogP contribution is -2.56. The first-order valence-corrected chi connectivity index (χ1v) is 10.2. The summed E-state index contributed by atoms with van der Waals surface area (Å²) >= 11 is 2.06. The Labute approximate surface area is 145 Å². The summed E-state index contributed by atoms with van der Waals surface area (Å²) in [7, 11) is 6.30. The molecule has 6 heteroatoms. The molecule has 1 saturated carbocycles. The van der Waals surface area contributed by atoms with Crippen molar-refractivity contribution < 1.29 is 0 Å². The minimum atomic E-state index is 0.267. The van der Waals surface area contributed by atoms with Crippen molar-refractivity contribution in [1.82, 2.24) is 20.4 Å². The molecule has 0 radical (unpaired) electrons. The van der Waals surface area contributed by atoms with Crippen molar-refractivity contribution in [2.45, 2.75) is 43.8 Å². The third-order valence-electron chi connectivity index (χ3n) is 5.87. The Morgan fingerprint density at radius 2 is 2.13 bits per heavy atom. The lowest BCUT2D eigenvalue weighted by molar-refractivity contribution is 0.182. The number of likely N-dealkylation sites (tertiary alicyclic amines) is 1. The summed E-state index contributed by atoms with van der Waals surface area (Å²) in [6.07, 6.45) is 4.05. The molecule has 0 aromatic heterocycles. The van der Waals surface area contributed by atoms with Crippen LogP contribution in [0.25, 0.3) is 0 Å². The fourth-order valence-corrected chi connectivity index (χ4v) is 5.35. The summed E-state index contributed by atoms with van der Waals surface area (Å²) in [5.41, 5.74) is 0.267. The van der Waals surface area contributed by atoms with E-state index in [9.17, 15) is 0 Å². The van der Waals surface area contributed by atoms with Gasteiger partial charge in [0.15, 0.2) is 5.96 Å². The van der Waals surface area contributed by atoms with Crippen LogP contribution in [0.4, 0.5) is 0 Å². The fourth-order valence-electron chi connectivity index (χ4n) is 3.80. The number of aliphatic imine (C=N–C) groups is 1. The minimum absolute atomic E-state index is 0.267. The monoisotopic (exact) mass is 339 g/mol. The second kappa shape index (κ2) is 7.19. The van der Waals surface area contributed by atoms with E-state index in [1.54, 1.807) is 0 Å². The molecule has 3 unspecified atom stereocenters. The molecule has 3 aliphatic rings. The van der Waals surface area contributed by atoms with Crippen LogP contribution in [0.15, 0.2) is 4.99 Å². The van der Waals surface area contributed by atoms with Gasteiger partial charge in [-0.05, 0) is 45.0 Å². The fraction of sp³-hybridized carbons (Fsp3) is 0.941. The van der Waals surface area contributed by atoms with E-state index in [-0.39, 0.29) is 5.54 Å². The highest BCUT2D eigenvalue weighted by molar-refractivity contribution is 7.99. The van der Waals surface area contributed by atoms with Crippen LogP contribution in [0.5, 0.6) is 0 Å². The third kappa shape index (κ3) is 3.97. The normalized spacial score (nSPS) is 36.0. The second-order valence-electron chi connectivity index (χ2n) is 7.76. The largest absolute Gasteiger partial charge is 0.355 e. The van der Waals surface area contributed by atoms with Crippen LogP contribution in [0.3, 0.4) is 0 Å². The summed E-state index contributed by atoms with van der Waals surface area (Å²) in [4.78, 5) is 9.52. The van der Waals surface area contributed by atoms with E-state index >= 15 is 0 Å². The van der Waals surface area contributed by atoms with Gasteiger partial charge in [0.05, 0.1) is 0 Å². The average Bonchev–Trinajstić information content (AvgIpc) is 3.15. The van der Waals surface area contributed by atoms with Crippen LogP contribution in [0.1, 0.15) is 26.2 Å². The highest BCUT2D eigenvalue weighted by atomic mass is 32.2. The molecule has 3 fully saturated rings. The van der Waals surface area contributed by atoms with Crippen LogP contribution in [-0.2, 0) is 0 Å². The predicted molar refractivity (Wildman–Crippen MR) is 100 cm³/mol. The van der Waals surface area contributed by atoms with Crippen molar-refractivity contribution in [3.63, 3.8) is 0 Å². The van der Waals surface area contributed by atoms with Crippen LogP contribution in [-0.4, -0.2) is 85.7 Å². The zero-order valence-corrected chi connectivity index (χ0v) is 16.0. The van der Waals surface area contributed by atoms with E-state index in [2.05, 4.69) is 58.2 Å². The van der Waals surface area contributed by atoms with E-state index in [4.69, 9.17) is 0 Å². The molecule has 0 amide bonds. The molecule has 0 spiro atoms. The predicted octanol–water partition coefficient (Wildman–Crippen LogP) is 1.07. The van der Waals surface area contributed by atoms with Gasteiger partial charge in [0.2, 0.25) is 0 Å². The van der Waals surface area contributed by atoms with Crippen molar-refractivity contribution in [2.75, 3.05) is 52.3 Å². The molecule has 23 heavy (non-hydrogen) atoms. The Bertz CT molecular complexity index is 429. The SMILES string of the molecule is CN=C(NCC1(N(C)C)CCSC1)NC1CN(C2CC2)CC1C. The molecule has 0 aromatic rings. The first-order chi connectivity index (χ1) is 11.0. The van der Waals surface area contributed by atoms with Gasteiger partial charge in [0.25, 0.3) is 0 Å². The quantitative estimate of drug-likeness (QED) is 0.579. The van der Waals surface area contributed by atoms with Gasteiger partial charge >= 0.3 is 0 Å². The molecule has 3 rings (SSSR count). The Hall–Kier alpha value is -0.460. The Kier molecular flexibility index (Phi) is 5.43. The van der Waals surface area contributed by atoms with Crippen LogP contribution in [0.2, 0.25) is 0 Å². The van der Waals surface area contributed by atoms with Gasteiger partial charge in [-0.1, -0.05) is 6.92 Å². The van der Waals surface area contributed by atoms with Gasteiger partial charge in [0.1, 0.15) is 0 Å². The summed E-state index contributed by atoms with van der Waals surface area (Å²) in [5, 5.41) is 7.29. The highest BCUT2D eigenvalue weighted by Gasteiger charge is 2.39. The zero-order valence-electron chi connectivity index (χ0n) is 15.1. The number of nitrogens with zero attached hydrogens (tertiary/aromatic N) is 3. The molecular formula is C17H33N5S. The van der Waals surface area contributed by atoms with Crippen molar-refractivity contribution in [1.29, 1.82) is 0 Å². The van der Waals surface area contributed by atoms with E-state index in [0.29, 0.717) is 12.0 Å². The van der Waals surface area contributed by atoms with Gasteiger partial charge in [0, 0.05) is 50.1 Å². The second-order valence-corrected chi connectivity index (χ2v) is 8.87. The third-order valence-corrected chi connectivity index (χ3v) is 7.10. The van der Waals surface area contributed by atoms with Gasteiger partial charge in [-0.3, -0.25) is 9.89 Å². The molecule has 132 valence electrons. The molecule has 2 N–H and O–H groups in total. The Morgan fingerprint density at radius 3 is 2.70 bits per heavy atom. The first kappa shape index (κ1) is 17.4. The lowest BCUT2D eigenvalue weighted by atomic mass is 9.97. The Morgan fingerprint density at radius 1 is 1.35 bits per heavy atom. The minimum Gasteiger partial charge on any atom is -0.355 e. The number of likely N-dealkylation sites (N-methyl/N-ethyl adjacent to an activating group) is 1. The molecule has 2 saturated heterocycles. The van der Waals surface area contributed by atoms with Crippen LogP contribution >= 0.6 is 11.8 Å². The topological polar surface area (TPSA) is 42.9 Å². The number of hydrogen-bond donors (Lipinski definition) is 2. The van der Waals surface area contributed by atoms with Crippen molar-refractivity contribution >= 4 is 17.7 Å². The summed E-state index contributed by atoms with van der Waals surface area (Å²) in [6.45, 7) is 5.74. The lowest BCUT2D eigenvalue weighted by Gasteiger charge is -2.36. The number of rotatable bonds is 5. The summed E-state index contributed by atoms with van der Waals surface area (Å²) in [6, 6.07) is 1.39. The van der Waals surface area contributed by atoms with E-state index in [1.165, 1.54) is 43.9 Å². The molecule has 0 bridgehead atoms. The maximum atomic E-state index is 4.47. The molecule has 2 aliphatic heterocycles. The maximum Gasteiger partial charge on any atom is 0.191 e. The maximum absolute atomic E-state index is 4.47. The number of guanidine groups is 1. The number of hydrogen-bond acceptors (Lipinski definition) is 4. The van der Waals surface area contributed by atoms with Crippen LogP contribution < -0.4 is 10.6 Å². The molecule has 1 aliphatic carbocycles. The van der Waals surface area contributed by atoms with E-state index < -0.39 is 0 Å². The smallest absolute Gasteiger partial charge is 0.191 e. The van der Waals surface area contributed by atoms with Crippen molar-refractivity contribution in [3.05, 3.63) is 0 Å². The summed E-state index contributed by atoms with van der Waals surface area (Å²) < 4.78 is 0. The zero-order chi connectivity index (χ0) is 16.4. The molecule has 0 aromatic carbocycles. The van der Waals surface area contributed by atoms with E-state index in [1.807, 2.05) is 7.05 Å². The van der Waals surface area contributed by atoms with Crippen LogP contribution in [0, 0.1) is 5.92 Å². The van der Waals surface area contributed by atoms with Crippen molar-refractivity contribution in [3.8, 4) is 0 Å². The van der Waals surface area contributed by atoms with Crippen molar-refractivity contribution in [2.24, 2.45) is 10.9 Å².